The molecular weight excluding hydrogens is 408 g/mol. The van der Waals surface area contributed by atoms with Gasteiger partial charge < -0.3 is 19.5 Å². The fourth-order valence-electron chi connectivity index (χ4n) is 2.95. The molecule has 0 aliphatic rings. The number of hydrogen-bond acceptors (Lipinski definition) is 6. The Hall–Kier alpha value is -3.79. The van der Waals surface area contributed by atoms with E-state index in [1.165, 1.54) is 13.2 Å². The summed E-state index contributed by atoms with van der Waals surface area (Å²) in [5, 5.41) is 12.0. The molecule has 1 amide bonds. The lowest BCUT2D eigenvalue weighted by molar-refractivity contribution is -0.136. The van der Waals surface area contributed by atoms with Crippen LogP contribution in [0.15, 0.2) is 35.9 Å². The van der Waals surface area contributed by atoms with Crippen LogP contribution in [0.4, 0.5) is 0 Å². The number of nitrogens with zero attached hydrogens (tertiary/aromatic N) is 1. The van der Waals surface area contributed by atoms with Crippen LogP contribution in [0, 0.1) is 32.1 Å². The zero-order valence-corrected chi connectivity index (χ0v) is 19.2. The van der Waals surface area contributed by atoms with E-state index in [-0.39, 0.29) is 29.7 Å². The average Bonchev–Trinajstić information content (AvgIpc) is 2.73. The van der Waals surface area contributed by atoms with Crippen LogP contribution >= 0.6 is 0 Å². The van der Waals surface area contributed by atoms with Crippen molar-refractivity contribution >= 4 is 18.0 Å². The van der Waals surface area contributed by atoms with Gasteiger partial charge in [-0.15, -0.1) is 0 Å². The first kappa shape index (κ1) is 24.5. The molecule has 0 radical (unpaired) electrons. The van der Waals surface area contributed by atoms with Gasteiger partial charge in [-0.3, -0.25) is 4.79 Å². The molecule has 32 heavy (non-hydrogen) atoms. The smallest absolute Gasteiger partial charge is 0.349 e. The Morgan fingerprint density at radius 3 is 2.44 bits per heavy atom. The van der Waals surface area contributed by atoms with Crippen molar-refractivity contribution in [2.45, 2.75) is 40.7 Å². The molecule has 0 aliphatic heterocycles. The molecule has 0 unspecified atom stereocenters. The molecule has 1 N–H and O–H groups in total. The number of methoxy groups -OCH3 is 1. The molecule has 2 rings (SSSR count). The van der Waals surface area contributed by atoms with Gasteiger partial charge in [-0.1, -0.05) is 12.1 Å². The maximum atomic E-state index is 12.3. The third kappa shape index (κ3) is 6.61. The van der Waals surface area contributed by atoms with Gasteiger partial charge >= 0.3 is 5.97 Å². The Balaban J connectivity index is 2.13. The van der Waals surface area contributed by atoms with Crippen molar-refractivity contribution in [3.8, 4) is 23.3 Å². The highest BCUT2D eigenvalue weighted by Gasteiger charge is 2.14. The van der Waals surface area contributed by atoms with Crippen molar-refractivity contribution < 1.29 is 23.8 Å². The van der Waals surface area contributed by atoms with E-state index in [1.54, 1.807) is 18.2 Å². The lowest BCUT2D eigenvalue weighted by atomic mass is 10.1. The number of esters is 1. The molecule has 7 heteroatoms. The summed E-state index contributed by atoms with van der Waals surface area (Å²) in [6, 6.07) is 10.5. The normalized spacial score (nSPS) is 11.0. The highest BCUT2D eigenvalue weighted by Crippen LogP contribution is 2.29. The second kappa shape index (κ2) is 11.0. The van der Waals surface area contributed by atoms with Crippen LogP contribution in [0.25, 0.3) is 6.08 Å². The summed E-state index contributed by atoms with van der Waals surface area (Å²) in [4.78, 5) is 24.4. The lowest BCUT2D eigenvalue weighted by Gasteiger charge is -2.13. The molecule has 168 valence electrons. The fourth-order valence-corrected chi connectivity index (χ4v) is 2.95. The standard InChI is InChI=1S/C25H28N2O5/c1-15(2)27-25(29)20(13-26)11-19-7-8-21(23(12-19)30-6)32-24(28)14-31-22-10-16(3)9-17(4)18(22)5/h7-12,15H,14H2,1-6H3,(H,27,29)/b20-11+. The average molecular weight is 437 g/mol. The van der Waals surface area contributed by atoms with E-state index in [0.29, 0.717) is 11.3 Å². The van der Waals surface area contributed by atoms with E-state index in [2.05, 4.69) is 5.32 Å². The summed E-state index contributed by atoms with van der Waals surface area (Å²) < 4.78 is 16.4. The van der Waals surface area contributed by atoms with Crippen LogP contribution < -0.4 is 19.5 Å². The van der Waals surface area contributed by atoms with Crippen LogP contribution in [0.2, 0.25) is 0 Å². The number of amides is 1. The summed E-state index contributed by atoms with van der Waals surface area (Å²) >= 11 is 0. The van der Waals surface area contributed by atoms with Gasteiger partial charge in [0.2, 0.25) is 0 Å². The van der Waals surface area contributed by atoms with E-state index in [1.807, 2.05) is 52.8 Å². The first-order valence-corrected chi connectivity index (χ1v) is 10.2. The molecule has 7 nitrogen and oxygen atoms in total. The third-order valence-electron chi connectivity index (χ3n) is 4.62. The van der Waals surface area contributed by atoms with E-state index in [0.717, 1.165) is 16.7 Å². The Labute approximate surface area is 188 Å². The fraction of sp³-hybridized carbons (Fsp3) is 0.320. The molecule has 0 spiro atoms. The van der Waals surface area contributed by atoms with Crippen LogP contribution in [0.1, 0.15) is 36.1 Å². The summed E-state index contributed by atoms with van der Waals surface area (Å²) in [5.41, 5.74) is 3.60. The van der Waals surface area contributed by atoms with Crippen LogP contribution in [-0.2, 0) is 9.59 Å². The quantitative estimate of drug-likeness (QED) is 0.290. The van der Waals surface area contributed by atoms with Gasteiger partial charge in [0.25, 0.3) is 5.91 Å². The Kier molecular flexibility index (Phi) is 8.42. The maximum absolute atomic E-state index is 12.3. The van der Waals surface area contributed by atoms with Crippen LogP contribution in [0.5, 0.6) is 17.2 Å². The number of carbonyl (C=O) groups excluding carboxylic acids is 2. The van der Waals surface area contributed by atoms with Gasteiger partial charge in [-0.25, -0.2) is 4.79 Å². The van der Waals surface area contributed by atoms with Crippen molar-refractivity contribution in [1.82, 2.24) is 5.32 Å². The van der Waals surface area contributed by atoms with Gasteiger partial charge in [-0.2, -0.15) is 5.26 Å². The number of carbonyl (C=O) groups is 2. The van der Waals surface area contributed by atoms with Gasteiger partial charge in [0, 0.05) is 6.04 Å². The highest BCUT2D eigenvalue weighted by molar-refractivity contribution is 6.01. The molecule has 0 atom stereocenters. The molecule has 0 bridgehead atoms. The Bertz CT molecular complexity index is 1080. The minimum atomic E-state index is -0.584. The van der Waals surface area contributed by atoms with Crippen molar-refractivity contribution in [1.29, 1.82) is 5.26 Å². The number of aryl methyl sites for hydroxylation is 2. The minimum absolute atomic E-state index is 0.0392. The Morgan fingerprint density at radius 1 is 1.09 bits per heavy atom. The van der Waals surface area contributed by atoms with Crippen molar-refractivity contribution in [2.75, 3.05) is 13.7 Å². The van der Waals surface area contributed by atoms with Gasteiger partial charge in [0.05, 0.1) is 7.11 Å². The first-order chi connectivity index (χ1) is 15.1. The number of hydrogen-bond donors (Lipinski definition) is 1. The largest absolute Gasteiger partial charge is 0.493 e. The maximum Gasteiger partial charge on any atom is 0.349 e. The predicted molar refractivity (Wildman–Crippen MR) is 122 cm³/mol. The first-order valence-electron chi connectivity index (χ1n) is 10.2. The third-order valence-corrected chi connectivity index (χ3v) is 4.62. The van der Waals surface area contributed by atoms with Crippen LogP contribution in [0.3, 0.4) is 0 Å². The molecule has 2 aromatic rings. The molecule has 0 aliphatic carbocycles. The Morgan fingerprint density at radius 2 is 1.81 bits per heavy atom. The van der Waals surface area contributed by atoms with E-state index in [4.69, 9.17) is 14.2 Å². The lowest BCUT2D eigenvalue weighted by Crippen LogP contribution is -2.30. The highest BCUT2D eigenvalue weighted by atomic mass is 16.6. The monoisotopic (exact) mass is 436 g/mol. The second-order valence-corrected chi connectivity index (χ2v) is 7.68. The van der Waals surface area contributed by atoms with Gasteiger partial charge in [0.15, 0.2) is 18.1 Å². The van der Waals surface area contributed by atoms with Gasteiger partial charge in [0.1, 0.15) is 17.4 Å². The van der Waals surface area contributed by atoms with E-state index < -0.39 is 11.9 Å². The molecular formula is C25H28N2O5. The second-order valence-electron chi connectivity index (χ2n) is 7.68. The summed E-state index contributed by atoms with van der Waals surface area (Å²) in [6.07, 6.45) is 1.44. The number of ether oxygens (including phenoxy) is 3. The van der Waals surface area contributed by atoms with Crippen molar-refractivity contribution in [3.63, 3.8) is 0 Å². The number of rotatable bonds is 8. The van der Waals surface area contributed by atoms with E-state index in [9.17, 15) is 14.9 Å². The minimum Gasteiger partial charge on any atom is -0.493 e. The zero-order valence-electron chi connectivity index (χ0n) is 19.2. The molecule has 0 aromatic heterocycles. The van der Waals surface area contributed by atoms with E-state index >= 15 is 0 Å². The molecule has 0 saturated heterocycles. The summed E-state index contributed by atoms with van der Waals surface area (Å²) in [6.45, 7) is 9.24. The predicted octanol–water partition coefficient (Wildman–Crippen LogP) is 4.04. The van der Waals surface area contributed by atoms with Crippen molar-refractivity contribution in [2.24, 2.45) is 0 Å². The topological polar surface area (TPSA) is 97.6 Å². The summed E-state index contributed by atoms with van der Waals surface area (Å²) in [5.74, 6) is 0.0855. The van der Waals surface area contributed by atoms with Crippen molar-refractivity contribution in [3.05, 3.63) is 58.2 Å². The van der Waals surface area contributed by atoms with Gasteiger partial charge in [-0.05, 0) is 81.1 Å². The van der Waals surface area contributed by atoms with Crippen LogP contribution in [-0.4, -0.2) is 31.6 Å². The molecule has 0 heterocycles. The molecule has 2 aromatic carbocycles. The SMILES string of the molecule is COc1cc(/C=C(\C#N)C(=O)NC(C)C)ccc1OC(=O)COc1cc(C)cc(C)c1C. The molecule has 0 fully saturated rings. The number of nitriles is 1. The zero-order chi connectivity index (χ0) is 23.8. The number of nitrogens with one attached hydrogen (secondary N) is 1. The summed E-state index contributed by atoms with van der Waals surface area (Å²) in [7, 11) is 1.44. The molecule has 0 saturated carbocycles. The number of benzene rings is 2.